The Balaban J connectivity index is 1.75. The van der Waals surface area contributed by atoms with Gasteiger partial charge in [-0.15, -0.1) is 23.1 Å². The Hall–Kier alpha value is -2.60. The van der Waals surface area contributed by atoms with E-state index in [1.54, 1.807) is 5.38 Å². The van der Waals surface area contributed by atoms with Crippen LogP contribution in [-0.2, 0) is 19.2 Å². The Morgan fingerprint density at radius 3 is 2.92 bits per heavy atom. The third kappa shape index (κ3) is 3.05. The van der Waals surface area contributed by atoms with Crippen LogP contribution in [0.3, 0.4) is 0 Å². The molecular formula is C13H13N5O5S2. The Morgan fingerprint density at radius 2 is 2.32 bits per heavy atom. The van der Waals surface area contributed by atoms with Crippen molar-refractivity contribution in [3.8, 4) is 0 Å². The largest absolute Gasteiger partial charge is 0.477 e. The van der Waals surface area contributed by atoms with E-state index in [9.17, 15) is 14.4 Å². The van der Waals surface area contributed by atoms with Crippen molar-refractivity contribution >= 4 is 51.7 Å². The van der Waals surface area contributed by atoms with Gasteiger partial charge in [-0.3, -0.25) is 14.5 Å². The number of carboxylic acids is 1. The number of hydrogen-bond acceptors (Lipinski definition) is 9. The number of carbonyl (C=O) groups excluding carboxylic acids is 2. The van der Waals surface area contributed by atoms with E-state index in [1.807, 2.05) is 0 Å². The molecule has 10 nitrogen and oxygen atoms in total. The van der Waals surface area contributed by atoms with Gasteiger partial charge in [0.2, 0.25) is 0 Å². The maximum atomic E-state index is 12.5. The molecule has 1 fully saturated rings. The summed E-state index contributed by atoms with van der Waals surface area (Å²) in [4.78, 5) is 45.7. The normalized spacial score (nSPS) is 22.6. The Morgan fingerprint density at radius 1 is 1.56 bits per heavy atom. The molecule has 3 rings (SSSR count). The highest BCUT2D eigenvalue weighted by Crippen LogP contribution is 2.37. The standard InChI is InChI=1S/C13H13N5O5S2/c1-23-17-7(5-4-25-13(14)15-5)9(19)16-8-10(20)18-6(12(21)22)2-3-24-11(8)18/h2,4,8,11H,3H2,1H3,(H2,14,15)(H,16,19)(H,21,22)/t8-,11-/m1/s1. The minimum absolute atomic E-state index is 0.0719. The lowest BCUT2D eigenvalue weighted by Gasteiger charge is -2.48. The summed E-state index contributed by atoms with van der Waals surface area (Å²) in [5.74, 6) is -1.89. The van der Waals surface area contributed by atoms with Crippen LogP contribution in [0.4, 0.5) is 5.13 Å². The Kier molecular flexibility index (Phi) is 4.63. The van der Waals surface area contributed by atoms with Crippen LogP contribution in [0.1, 0.15) is 5.69 Å². The minimum atomic E-state index is -1.18. The number of nitrogens with one attached hydrogen (secondary N) is 1. The van der Waals surface area contributed by atoms with Gasteiger partial charge in [-0.1, -0.05) is 5.16 Å². The predicted molar refractivity (Wildman–Crippen MR) is 90.8 cm³/mol. The highest BCUT2D eigenvalue weighted by molar-refractivity contribution is 8.00. The number of anilines is 1. The minimum Gasteiger partial charge on any atom is -0.477 e. The van der Waals surface area contributed by atoms with E-state index in [1.165, 1.54) is 24.9 Å². The number of carboxylic acid groups (broad SMARTS) is 1. The molecule has 1 aromatic rings. The first-order valence-electron chi connectivity index (χ1n) is 6.95. The van der Waals surface area contributed by atoms with Gasteiger partial charge in [0.1, 0.15) is 29.9 Å². The highest BCUT2D eigenvalue weighted by Gasteiger charge is 2.53. The maximum Gasteiger partial charge on any atom is 0.352 e. The van der Waals surface area contributed by atoms with Crippen LogP contribution in [0.15, 0.2) is 22.3 Å². The molecule has 132 valence electrons. The van der Waals surface area contributed by atoms with E-state index in [2.05, 4.69) is 20.3 Å². The molecule has 0 unspecified atom stereocenters. The first-order valence-corrected chi connectivity index (χ1v) is 8.88. The number of thioether (sulfide) groups is 1. The average molecular weight is 383 g/mol. The van der Waals surface area contributed by atoms with E-state index in [-0.39, 0.29) is 22.2 Å². The van der Waals surface area contributed by atoms with Crippen LogP contribution in [0.25, 0.3) is 0 Å². The number of fused-ring (bicyclic) bond motifs is 1. The topological polar surface area (TPSA) is 147 Å². The van der Waals surface area contributed by atoms with Crippen LogP contribution in [0.5, 0.6) is 0 Å². The third-order valence-electron chi connectivity index (χ3n) is 3.51. The van der Waals surface area contributed by atoms with Crippen LogP contribution in [0.2, 0.25) is 0 Å². The van der Waals surface area contributed by atoms with Gasteiger partial charge < -0.3 is 21.0 Å². The lowest BCUT2D eigenvalue weighted by molar-refractivity contribution is -0.150. The zero-order valence-electron chi connectivity index (χ0n) is 12.8. The average Bonchev–Trinajstić information content (AvgIpc) is 3.02. The van der Waals surface area contributed by atoms with E-state index < -0.39 is 29.2 Å². The number of nitrogens with two attached hydrogens (primary N) is 1. The molecule has 1 aromatic heterocycles. The van der Waals surface area contributed by atoms with Gasteiger partial charge in [0.15, 0.2) is 10.8 Å². The van der Waals surface area contributed by atoms with Crippen molar-refractivity contribution in [1.82, 2.24) is 15.2 Å². The third-order valence-corrected chi connectivity index (χ3v) is 5.37. The van der Waals surface area contributed by atoms with Crippen LogP contribution in [-0.4, -0.2) is 62.8 Å². The highest BCUT2D eigenvalue weighted by atomic mass is 32.2. The molecule has 25 heavy (non-hydrogen) atoms. The molecular weight excluding hydrogens is 370 g/mol. The quantitative estimate of drug-likeness (QED) is 0.348. The fourth-order valence-corrected chi connectivity index (χ4v) is 4.18. The van der Waals surface area contributed by atoms with Crippen LogP contribution < -0.4 is 11.1 Å². The number of nitrogens with zero attached hydrogens (tertiary/aromatic N) is 3. The van der Waals surface area contributed by atoms with Crippen molar-refractivity contribution in [3.63, 3.8) is 0 Å². The molecule has 0 saturated carbocycles. The van der Waals surface area contributed by atoms with E-state index in [0.29, 0.717) is 5.75 Å². The molecule has 1 saturated heterocycles. The summed E-state index contributed by atoms with van der Waals surface area (Å²) in [7, 11) is 1.28. The number of amides is 2. The van der Waals surface area contributed by atoms with Crippen molar-refractivity contribution < 1.29 is 24.3 Å². The summed E-state index contributed by atoms with van der Waals surface area (Å²) in [6, 6.07) is -0.849. The summed E-state index contributed by atoms with van der Waals surface area (Å²) in [6.45, 7) is 0. The van der Waals surface area contributed by atoms with Crippen molar-refractivity contribution in [3.05, 3.63) is 22.8 Å². The second-order valence-electron chi connectivity index (χ2n) is 4.97. The van der Waals surface area contributed by atoms with Gasteiger partial charge in [-0.05, 0) is 6.08 Å². The number of hydrogen-bond donors (Lipinski definition) is 3. The van der Waals surface area contributed by atoms with E-state index in [4.69, 9.17) is 10.8 Å². The van der Waals surface area contributed by atoms with Crippen molar-refractivity contribution in [2.75, 3.05) is 18.6 Å². The second-order valence-corrected chi connectivity index (χ2v) is 7.01. The van der Waals surface area contributed by atoms with Crippen molar-refractivity contribution in [1.29, 1.82) is 0 Å². The molecule has 4 N–H and O–H groups in total. The van der Waals surface area contributed by atoms with Gasteiger partial charge in [0.05, 0.1) is 0 Å². The molecule has 0 spiro atoms. The number of aromatic nitrogens is 1. The SMILES string of the molecule is CON=C(C(=O)N[C@@H]1C(=O)N2C(C(=O)O)=CCS[C@H]12)c1csc(N)n1. The van der Waals surface area contributed by atoms with E-state index in [0.717, 1.165) is 16.2 Å². The summed E-state index contributed by atoms with van der Waals surface area (Å²) >= 11 is 2.49. The summed E-state index contributed by atoms with van der Waals surface area (Å²) in [5.41, 5.74) is 5.60. The Bertz CT molecular complexity index is 804. The molecule has 0 aliphatic carbocycles. The Labute approximate surface area is 149 Å². The fraction of sp³-hybridized carbons (Fsp3) is 0.308. The molecule has 2 aliphatic rings. The second kappa shape index (κ2) is 6.72. The van der Waals surface area contributed by atoms with Gasteiger partial charge >= 0.3 is 5.97 Å². The molecule has 0 aromatic carbocycles. The molecule has 2 amide bonds. The zero-order valence-corrected chi connectivity index (χ0v) is 14.5. The zero-order chi connectivity index (χ0) is 18.1. The molecule has 12 heteroatoms. The molecule has 0 bridgehead atoms. The number of nitrogen functional groups attached to an aromatic ring is 1. The monoisotopic (exact) mass is 383 g/mol. The number of aliphatic carboxylic acids is 1. The molecule has 2 aliphatic heterocycles. The predicted octanol–water partition coefficient (Wildman–Crippen LogP) is -0.556. The summed E-state index contributed by atoms with van der Waals surface area (Å²) in [6.07, 6.45) is 1.47. The smallest absolute Gasteiger partial charge is 0.352 e. The van der Waals surface area contributed by atoms with Gasteiger partial charge in [0, 0.05) is 11.1 Å². The lowest BCUT2D eigenvalue weighted by atomic mass is 10.0. The first kappa shape index (κ1) is 17.2. The maximum absolute atomic E-state index is 12.5. The van der Waals surface area contributed by atoms with Crippen LogP contribution >= 0.6 is 23.1 Å². The van der Waals surface area contributed by atoms with Gasteiger partial charge in [-0.2, -0.15) is 0 Å². The number of rotatable bonds is 5. The fourth-order valence-electron chi connectivity index (χ4n) is 2.44. The first-order chi connectivity index (χ1) is 11.9. The molecule has 0 radical (unpaired) electrons. The number of carbonyl (C=O) groups is 3. The number of β-lactam (4-membered cyclic amide) rings is 1. The number of oxime groups is 1. The summed E-state index contributed by atoms with van der Waals surface area (Å²) in [5, 5.41) is 16.7. The lowest BCUT2D eigenvalue weighted by Crippen LogP contribution is -2.70. The van der Waals surface area contributed by atoms with Crippen molar-refractivity contribution in [2.24, 2.45) is 5.16 Å². The summed E-state index contributed by atoms with van der Waals surface area (Å²) < 4.78 is 0. The molecule has 2 atom stereocenters. The van der Waals surface area contributed by atoms with E-state index >= 15 is 0 Å². The van der Waals surface area contributed by atoms with Gasteiger partial charge in [-0.25, -0.2) is 9.78 Å². The van der Waals surface area contributed by atoms with Gasteiger partial charge in [0.25, 0.3) is 11.8 Å². The number of thiazole rings is 1. The molecule has 3 heterocycles. The van der Waals surface area contributed by atoms with Crippen LogP contribution in [0, 0.1) is 0 Å². The van der Waals surface area contributed by atoms with Crippen molar-refractivity contribution in [2.45, 2.75) is 11.4 Å².